The van der Waals surface area contributed by atoms with Gasteiger partial charge in [0.2, 0.25) is 5.91 Å². The second-order valence-corrected chi connectivity index (χ2v) is 7.32. The van der Waals surface area contributed by atoms with E-state index in [1.807, 2.05) is 13.8 Å². The summed E-state index contributed by atoms with van der Waals surface area (Å²) >= 11 is 0. The van der Waals surface area contributed by atoms with E-state index >= 15 is 0 Å². The maximum absolute atomic E-state index is 12.1. The van der Waals surface area contributed by atoms with Gasteiger partial charge in [-0.2, -0.15) is 0 Å². The number of hydrogen-bond donors (Lipinski definition) is 4. The number of imide groups is 1. The van der Waals surface area contributed by atoms with Gasteiger partial charge in [0.25, 0.3) is 5.91 Å². The summed E-state index contributed by atoms with van der Waals surface area (Å²) < 4.78 is 0. The molecule has 9 nitrogen and oxygen atoms in total. The van der Waals surface area contributed by atoms with Crippen molar-refractivity contribution < 1.29 is 14.4 Å². The summed E-state index contributed by atoms with van der Waals surface area (Å²) in [7, 11) is 1.72. The lowest BCUT2D eigenvalue weighted by atomic mass is 9.79. The number of guanidine groups is 1. The molecule has 4 N–H and O–H groups in total. The average Bonchev–Trinajstić information content (AvgIpc) is 2.84. The number of aliphatic imine (C=N–C) groups is 1. The van der Waals surface area contributed by atoms with Crippen molar-refractivity contribution >= 4 is 23.8 Å². The van der Waals surface area contributed by atoms with Crippen molar-refractivity contribution in [2.45, 2.75) is 51.6 Å². The summed E-state index contributed by atoms with van der Waals surface area (Å²) in [4.78, 5) is 41.6. The molecule has 1 unspecified atom stereocenters. The molecule has 0 saturated carbocycles. The third kappa shape index (κ3) is 4.64. The van der Waals surface area contributed by atoms with Gasteiger partial charge in [-0.15, -0.1) is 0 Å². The average molecular weight is 366 g/mol. The molecule has 4 amide bonds. The molecule has 0 aromatic carbocycles. The highest BCUT2D eigenvalue weighted by Crippen LogP contribution is 2.30. The maximum atomic E-state index is 12.1. The Morgan fingerprint density at radius 3 is 2.50 bits per heavy atom. The van der Waals surface area contributed by atoms with Gasteiger partial charge in [0.05, 0.1) is 0 Å². The maximum Gasteiger partial charge on any atom is 0.322 e. The van der Waals surface area contributed by atoms with Crippen molar-refractivity contribution in [2.24, 2.45) is 10.9 Å². The lowest BCUT2D eigenvalue weighted by Crippen LogP contribution is -2.55. The standard InChI is InChI=1S/C17H30N6O3/c1-11(2)20-13(24)5-8-19-15(18-4)23-9-6-12(7-10-23)17(3)14(25)21-16(26)22-17/h11-12H,5-10H2,1-4H3,(H,18,19)(H,20,24)(H2,21,22,25,26). The molecule has 146 valence electrons. The third-order valence-corrected chi connectivity index (χ3v) is 4.98. The Kier molecular flexibility index (Phi) is 6.44. The molecule has 2 heterocycles. The lowest BCUT2D eigenvalue weighted by molar-refractivity contribution is -0.125. The zero-order valence-corrected chi connectivity index (χ0v) is 16.0. The molecule has 0 radical (unpaired) electrons. The molecule has 9 heteroatoms. The molecule has 2 aliphatic rings. The zero-order valence-electron chi connectivity index (χ0n) is 16.0. The minimum absolute atomic E-state index is 0.0116. The van der Waals surface area contributed by atoms with E-state index in [0.29, 0.717) is 13.0 Å². The highest BCUT2D eigenvalue weighted by molar-refractivity contribution is 6.07. The number of amides is 4. The van der Waals surface area contributed by atoms with Gasteiger partial charge >= 0.3 is 6.03 Å². The van der Waals surface area contributed by atoms with Crippen LogP contribution < -0.4 is 21.3 Å². The molecule has 0 bridgehead atoms. The van der Waals surface area contributed by atoms with Gasteiger partial charge in [-0.05, 0) is 39.5 Å². The van der Waals surface area contributed by atoms with E-state index in [4.69, 9.17) is 0 Å². The summed E-state index contributed by atoms with van der Waals surface area (Å²) in [6.45, 7) is 7.64. The van der Waals surface area contributed by atoms with Crippen LogP contribution in [-0.2, 0) is 9.59 Å². The summed E-state index contributed by atoms with van der Waals surface area (Å²) in [6, 6.07) is -0.285. The van der Waals surface area contributed by atoms with Crippen LogP contribution in [0.1, 0.15) is 40.0 Å². The van der Waals surface area contributed by atoms with Crippen LogP contribution in [0.3, 0.4) is 0 Å². The quantitative estimate of drug-likeness (QED) is 0.305. The number of carbonyl (C=O) groups is 3. The van der Waals surface area contributed by atoms with Crippen molar-refractivity contribution in [1.29, 1.82) is 0 Å². The first-order valence-electron chi connectivity index (χ1n) is 9.14. The topological polar surface area (TPSA) is 115 Å². The predicted molar refractivity (Wildman–Crippen MR) is 98.6 cm³/mol. The second kappa shape index (κ2) is 8.37. The predicted octanol–water partition coefficient (Wildman–Crippen LogP) is -0.213. The first-order chi connectivity index (χ1) is 12.3. The molecule has 2 aliphatic heterocycles. The van der Waals surface area contributed by atoms with Crippen LogP contribution >= 0.6 is 0 Å². The van der Waals surface area contributed by atoms with Crippen molar-refractivity contribution in [1.82, 2.24) is 26.2 Å². The van der Waals surface area contributed by atoms with E-state index in [1.165, 1.54) is 0 Å². The van der Waals surface area contributed by atoms with Crippen LogP contribution in [0.2, 0.25) is 0 Å². The largest absolute Gasteiger partial charge is 0.356 e. The van der Waals surface area contributed by atoms with Crippen LogP contribution in [0.5, 0.6) is 0 Å². The molecule has 0 aromatic rings. The third-order valence-electron chi connectivity index (χ3n) is 4.98. The Bertz CT molecular complexity index is 583. The minimum atomic E-state index is -0.838. The smallest absolute Gasteiger partial charge is 0.322 e. The second-order valence-electron chi connectivity index (χ2n) is 7.32. The van der Waals surface area contributed by atoms with Crippen LogP contribution in [0.25, 0.3) is 0 Å². The summed E-state index contributed by atoms with van der Waals surface area (Å²) in [5.41, 5.74) is -0.838. The Morgan fingerprint density at radius 1 is 1.35 bits per heavy atom. The molecule has 1 atom stereocenters. The van der Waals surface area contributed by atoms with Gasteiger partial charge in [-0.1, -0.05) is 0 Å². The van der Waals surface area contributed by atoms with Gasteiger partial charge in [0.1, 0.15) is 5.54 Å². The number of urea groups is 1. The van der Waals surface area contributed by atoms with Crippen molar-refractivity contribution in [2.75, 3.05) is 26.7 Å². The number of rotatable bonds is 5. The summed E-state index contributed by atoms with van der Waals surface area (Å²) in [5.74, 6) is 0.600. The molecule has 2 rings (SSSR count). The van der Waals surface area contributed by atoms with E-state index in [2.05, 4.69) is 31.2 Å². The molecule has 0 aromatic heterocycles. The van der Waals surface area contributed by atoms with Crippen molar-refractivity contribution in [3.05, 3.63) is 0 Å². The Hall–Kier alpha value is -2.32. The Morgan fingerprint density at radius 2 is 2.00 bits per heavy atom. The van der Waals surface area contributed by atoms with Gasteiger partial charge in [-0.3, -0.25) is 19.9 Å². The highest BCUT2D eigenvalue weighted by Gasteiger charge is 2.48. The van der Waals surface area contributed by atoms with E-state index in [-0.39, 0.29) is 23.8 Å². The Balaban J connectivity index is 1.81. The molecule has 26 heavy (non-hydrogen) atoms. The normalized spacial score (nSPS) is 24.5. The van der Waals surface area contributed by atoms with Gasteiger partial charge in [0, 0.05) is 39.1 Å². The van der Waals surface area contributed by atoms with Gasteiger partial charge in [0.15, 0.2) is 5.96 Å². The Labute approximate surface area is 154 Å². The minimum Gasteiger partial charge on any atom is -0.356 e. The number of hydrogen-bond acceptors (Lipinski definition) is 4. The van der Waals surface area contributed by atoms with Gasteiger partial charge in [-0.25, -0.2) is 4.79 Å². The fourth-order valence-corrected chi connectivity index (χ4v) is 3.53. The van der Waals surface area contributed by atoms with Crippen molar-refractivity contribution in [3.63, 3.8) is 0 Å². The van der Waals surface area contributed by atoms with Crippen LogP contribution in [0.4, 0.5) is 4.79 Å². The SMILES string of the molecule is CN=C(NCCC(=O)NC(C)C)N1CCC(C2(C)NC(=O)NC2=O)CC1. The summed E-state index contributed by atoms with van der Waals surface area (Å²) in [6.07, 6.45) is 1.94. The number of piperidine rings is 1. The van der Waals surface area contributed by atoms with Crippen molar-refractivity contribution in [3.8, 4) is 0 Å². The highest BCUT2D eigenvalue weighted by atomic mass is 16.2. The molecular formula is C17H30N6O3. The first-order valence-corrected chi connectivity index (χ1v) is 9.14. The monoisotopic (exact) mass is 366 g/mol. The number of nitrogens with one attached hydrogen (secondary N) is 4. The molecule has 0 aliphatic carbocycles. The lowest BCUT2D eigenvalue weighted by Gasteiger charge is -2.39. The molecule has 2 saturated heterocycles. The van der Waals surface area contributed by atoms with Crippen LogP contribution in [-0.4, -0.2) is 67.0 Å². The number of nitrogens with zero attached hydrogens (tertiary/aromatic N) is 2. The van der Waals surface area contributed by atoms with E-state index in [9.17, 15) is 14.4 Å². The fourth-order valence-electron chi connectivity index (χ4n) is 3.53. The van der Waals surface area contributed by atoms with Gasteiger partial charge < -0.3 is 20.9 Å². The van der Waals surface area contributed by atoms with E-state index < -0.39 is 11.6 Å². The molecular weight excluding hydrogens is 336 g/mol. The fraction of sp³-hybridized carbons (Fsp3) is 0.765. The zero-order chi connectivity index (χ0) is 19.3. The first kappa shape index (κ1) is 20.0. The van der Waals surface area contributed by atoms with E-state index in [1.54, 1.807) is 14.0 Å². The molecule has 2 fully saturated rings. The molecule has 0 spiro atoms. The number of likely N-dealkylation sites (tertiary alicyclic amines) is 1. The van der Waals surface area contributed by atoms with E-state index in [0.717, 1.165) is 31.9 Å². The van der Waals surface area contributed by atoms with Crippen LogP contribution in [0, 0.1) is 5.92 Å². The number of carbonyl (C=O) groups excluding carboxylic acids is 3. The van der Waals surface area contributed by atoms with Crippen LogP contribution in [0.15, 0.2) is 4.99 Å². The summed E-state index contributed by atoms with van der Waals surface area (Å²) in [5, 5.41) is 11.2.